The van der Waals surface area contributed by atoms with E-state index >= 15 is 0 Å². The van der Waals surface area contributed by atoms with Gasteiger partial charge < -0.3 is 9.47 Å². The van der Waals surface area contributed by atoms with Gasteiger partial charge >= 0.3 is 11.9 Å². The molecule has 0 N–H and O–H groups in total. The van der Waals surface area contributed by atoms with Crippen molar-refractivity contribution in [2.24, 2.45) is 5.92 Å². The van der Waals surface area contributed by atoms with E-state index < -0.39 is 11.9 Å². The molecule has 1 aromatic carbocycles. The van der Waals surface area contributed by atoms with Gasteiger partial charge in [0.1, 0.15) is 12.2 Å². The molecule has 0 spiro atoms. The lowest BCUT2D eigenvalue weighted by Gasteiger charge is -2.06. The summed E-state index contributed by atoms with van der Waals surface area (Å²) in [6.45, 7) is 4.42. The smallest absolute Gasteiger partial charge is 0.322 e. The van der Waals surface area contributed by atoms with Crippen molar-refractivity contribution in [2.75, 3.05) is 6.61 Å². The molecule has 0 radical (unpaired) electrons. The summed E-state index contributed by atoms with van der Waals surface area (Å²) in [4.78, 5) is 22.7. The van der Waals surface area contributed by atoms with Gasteiger partial charge in [0.15, 0.2) is 0 Å². The Balaban J connectivity index is 2.25. The van der Waals surface area contributed by atoms with Gasteiger partial charge in [0.05, 0.1) is 6.61 Å². The molecule has 0 saturated carbocycles. The summed E-state index contributed by atoms with van der Waals surface area (Å²) in [7, 11) is 0. The molecule has 0 saturated heterocycles. The third-order valence-electron chi connectivity index (χ3n) is 2.22. The second-order valence-corrected chi connectivity index (χ2v) is 4.37. The van der Waals surface area contributed by atoms with Gasteiger partial charge in [-0.25, -0.2) is 0 Å². The molecule has 0 atom stereocenters. The van der Waals surface area contributed by atoms with Crippen LogP contribution in [0.15, 0.2) is 30.3 Å². The van der Waals surface area contributed by atoms with Gasteiger partial charge in [-0.15, -0.1) is 0 Å². The first-order chi connectivity index (χ1) is 8.58. The first kappa shape index (κ1) is 14.2. The zero-order valence-electron chi connectivity index (χ0n) is 10.7. The Hall–Kier alpha value is -1.84. The molecule has 0 aromatic heterocycles. The molecule has 0 aliphatic heterocycles. The van der Waals surface area contributed by atoms with E-state index in [0.717, 1.165) is 6.42 Å². The van der Waals surface area contributed by atoms with Crippen molar-refractivity contribution in [1.29, 1.82) is 0 Å². The maximum absolute atomic E-state index is 11.4. The Kier molecular flexibility index (Phi) is 5.91. The third kappa shape index (κ3) is 6.03. The van der Waals surface area contributed by atoms with E-state index in [2.05, 4.69) is 0 Å². The monoisotopic (exact) mass is 250 g/mol. The number of esters is 2. The molecule has 0 heterocycles. The fourth-order valence-electron chi connectivity index (χ4n) is 1.23. The van der Waals surface area contributed by atoms with Crippen LogP contribution in [-0.4, -0.2) is 18.5 Å². The van der Waals surface area contributed by atoms with Crippen LogP contribution < -0.4 is 4.74 Å². The number of carbonyl (C=O) groups excluding carboxylic acids is 2. The van der Waals surface area contributed by atoms with Crippen molar-refractivity contribution < 1.29 is 19.1 Å². The SMILES string of the molecule is CC(C)CCOC(=O)CC(=O)Oc1ccccc1. The number of ether oxygens (including phenoxy) is 2. The summed E-state index contributed by atoms with van der Waals surface area (Å²) in [5.74, 6) is -0.251. The third-order valence-corrected chi connectivity index (χ3v) is 2.22. The van der Waals surface area contributed by atoms with E-state index in [1.807, 2.05) is 19.9 Å². The first-order valence-corrected chi connectivity index (χ1v) is 5.99. The summed E-state index contributed by atoms with van der Waals surface area (Å²) >= 11 is 0. The Labute approximate surface area is 107 Å². The lowest BCUT2D eigenvalue weighted by molar-refractivity contribution is -0.150. The molecule has 0 fully saturated rings. The molecule has 4 nitrogen and oxygen atoms in total. The number of hydrogen-bond donors (Lipinski definition) is 0. The lowest BCUT2D eigenvalue weighted by Crippen LogP contribution is -2.17. The molecule has 0 aliphatic rings. The predicted molar refractivity (Wildman–Crippen MR) is 67.1 cm³/mol. The molecule has 0 aliphatic carbocycles. The van der Waals surface area contributed by atoms with E-state index in [4.69, 9.17) is 9.47 Å². The second kappa shape index (κ2) is 7.48. The zero-order valence-corrected chi connectivity index (χ0v) is 10.7. The van der Waals surface area contributed by atoms with Crippen molar-refractivity contribution in [1.82, 2.24) is 0 Å². The number of rotatable bonds is 6. The van der Waals surface area contributed by atoms with Crippen LogP contribution in [0.3, 0.4) is 0 Å². The van der Waals surface area contributed by atoms with Crippen LogP contribution in [0.2, 0.25) is 0 Å². The van der Waals surface area contributed by atoms with E-state index in [1.165, 1.54) is 0 Å². The molecule has 1 rings (SSSR count). The van der Waals surface area contributed by atoms with Crippen molar-refractivity contribution in [3.8, 4) is 5.75 Å². The van der Waals surface area contributed by atoms with Gasteiger partial charge in [0, 0.05) is 0 Å². The van der Waals surface area contributed by atoms with E-state index in [-0.39, 0.29) is 6.42 Å². The molecule has 4 heteroatoms. The molecule has 0 bridgehead atoms. The van der Waals surface area contributed by atoms with E-state index in [0.29, 0.717) is 18.3 Å². The summed E-state index contributed by atoms with van der Waals surface area (Å²) < 4.78 is 9.89. The predicted octanol–water partition coefficient (Wildman–Crippen LogP) is 2.57. The molecular weight excluding hydrogens is 232 g/mol. The van der Waals surface area contributed by atoms with Crippen LogP contribution >= 0.6 is 0 Å². The van der Waals surface area contributed by atoms with E-state index in [9.17, 15) is 9.59 Å². The van der Waals surface area contributed by atoms with Gasteiger partial charge in [-0.3, -0.25) is 9.59 Å². The largest absolute Gasteiger partial charge is 0.465 e. The molecule has 0 amide bonds. The normalized spacial score (nSPS) is 10.2. The summed E-state index contributed by atoms with van der Waals surface area (Å²) in [5.41, 5.74) is 0. The topological polar surface area (TPSA) is 52.6 Å². The zero-order chi connectivity index (χ0) is 13.4. The standard InChI is InChI=1S/C14H18O4/c1-11(2)8-9-17-13(15)10-14(16)18-12-6-4-3-5-7-12/h3-7,11H,8-10H2,1-2H3. The number of para-hydroxylation sites is 1. The van der Waals surface area contributed by atoms with Crippen LogP contribution in [-0.2, 0) is 14.3 Å². The Bertz CT molecular complexity index is 384. The summed E-state index contributed by atoms with van der Waals surface area (Å²) in [5, 5.41) is 0. The van der Waals surface area contributed by atoms with Crippen LogP contribution in [0.1, 0.15) is 26.7 Å². The molecular formula is C14H18O4. The highest BCUT2D eigenvalue weighted by molar-refractivity contribution is 5.92. The lowest BCUT2D eigenvalue weighted by atomic mass is 10.1. The molecule has 18 heavy (non-hydrogen) atoms. The number of carbonyl (C=O) groups is 2. The minimum absolute atomic E-state index is 0.342. The highest BCUT2D eigenvalue weighted by atomic mass is 16.6. The quantitative estimate of drug-likeness (QED) is 0.442. The van der Waals surface area contributed by atoms with Crippen molar-refractivity contribution in [3.05, 3.63) is 30.3 Å². The van der Waals surface area contributed by atoms with Crippen LogP contribution in [0.5, 0.6) is 5.75 Å². The van der Waals surface area contributed by atoms with Crippen molar-refractivity contribution in [3.63, 3.8) is 0 Å². The van der Waals surface area contributed by atoms with Crippen molar-refractivity contribution in [2.45, 2.75) is 26.7 Å². The average Bonchev–Trinajstić information content (AvgIpc) is 2.29. The highest BCUT2D eigenvalue weighted by Gasteiger charge is 2.12. The second-order valence-electron chi connectivity index (χ2n) is 4.37. The Morgan fingerprint density at radius 1 is 1.11 bits per heavy atom. The van der Waals surface area contributed by atoms with Gasteiger partial charge in [0.2, 0.25) is 0 Å². The number of hydrogen-bond acceptors (Lipinski definition) is 4. The maximum atomic E-state index is 11.4. The fourth-order valence-corrected chi connectivity index (χ4v) is 1.23. The van der Waals surface area contributed by atoms with Crippen molar-refractivity contribution >= 4 is 11.9 Å². The molecule has 98 valence electrons. The van der Waals surface area contributed by atoms with Gasteiger partial charge in [-0.2, -0.15) is 0 Å². The van der Waals surface area contributed by atoms with Crippen LogP contribution in [0.4, 0.5) is 0 Å². The first-order valence-electron chi connectivity index (χ1n) is 5.99. The fraction of sp³-hybridized carbons (Fsp3) is 0.429. The highest BCUT2D eigenvalue weighted by Crippen LogP contribution is 2.09. The summed E-state index contributed by atoms with van der Waals surface area (Å²) in [6, 6.07) is 8.63. The average molecular weight is 250 g/mol. The maximum Gasteiger partial charge on any atom is 0.322 e. The van der Waals surface area contributed by atoms with Gasteiger partial charge in [-0.1, -0.05) is 32.0 Å². The van der Waals surface area contributed by atoms with Gasteiger partial charge in [0.25, 0.3) is 0 Å². The minimum Gasteiger partial charge on any atom is -0.465 e. The van der Waals surface area contributed by atoms with Crippen LogP contribution in [0, 0.1) is 5.92 Å². The minimum atomic E-state index is -0.601. The summed E-state index contributed by atoms with van der Waals surface area (Å²) in [6.07, 6.45) is 0.437. The Morgan fingerprint density at radius 3 is 2.39 bits per heavy atom. The Morgan fingerprint density at radius 2 is 1.78 bits per heavy atom. The molecule has 1 aromatic rings. The van der Waals surface area contributed by atoms with Gasteiger partial charge in [-0.05, 0) is 24.5 Å². The molecule has 0 unspecified atom stereocenters. The van der Waals surface area contributed by atoms with Crippen LogP contribution in [0.25, 0.3) is 0 Å². The van der Waals surface area contributed by atoms with E-state index in [1.54, 1.807) is 24.3 Å². The number of benzene rings is 1.